The Morgan fingerprint density at radius 1 is 0.958 bits per heavy atom. The van der Waals surface area contributed by atoms with E-state index in [9.17, 15) is 9.59 Å². The van der Waals surface area contributed by atoms with Crippen LogP contribution >= 0.6 is 0 Å². The molecule has 0 bridgehead atoms. The maximum absolute atomic E-state index is 11.7. The largest absolute Gasteiger partial charge is 0.484 e. The van der Waals surface area contributed by atoms with Gasteiger partial charge in [0.25, 0.3) is 5.91 Å². The number of carbonyl (C=O) groups excluding carboxylic acids is 1. The summed E-state index contributed by atoms with van der Waals surface area (Å²) in [4.78, 5) is 22.1. The Morgan fingerprint density at radius 2 is 1.71 bits per heavy atom. The van der Waals surface area contributed by atoms with Crippen molar-refractivity contribution in [2.24, 2.45) is 0 Å². The highest BCUT2D eigenvalue weighted by Gasteiger charge is 2.03. The van der Waals surface area contributed by atoms with Gasteiger partial charge in [-0.1, -0.05) is 43.2 Å². The average molecular weight is 329 g/mol. The third-order valence-corrected chi connectivity index (χ3v) is 3.73. The van der Waals surface area contributed by atoms with Crippen molar-refractivity contribution >= 4 is 22.6 Å². The summed E-state index contributed by atoms with van der Waals surface area (Å²) >= 11 is 0. The molecule has 128 valence electrons. The minimum absolute atomic E-state index is 0.00262. The van der Waals surface area contributed by atoms with Crippen LogP contribution in [-0.2, 0) is 9.59 Å². The minimum atomic E-state index is -0.755. The summed E-state index contributed by atoms with van der Waals surface area (Å²) in [7, 11) is 0. The molecule has 0 radical (unpaired) electrons. The fourth-order valence-corrected chi connectivity index (χ4v) is 2.44. The van der Waals surface area contributed by atoms with Crippen molar-refractivity contribution in [1.29, 1.82) is 0 Å². The standard InChI is InChI=1S/C19H23NO4/c21-18(20-12-6-2-1-3-9-19(22)23)14-24-17-11-10-15-7-4-5-8-16(15)13-17/h4-5,7-8,10-11,13H,1-3,6,9,12,14H2,(H,20,21)(H,22,23). The fourth-order valence-electron chi connectivity index (χ4n) is 2.44. The minimum Gasteiger partial charge on any atom is -0.484 e. The van der Waals surface area contributed by atoms with Crippen LogP contribution in [0.4, 0.5) is 0 Å². The Morgan fingerprint density at radius 3 is 2.50 bits per heavy atom. The first kappa shape index (κ1) is 17.8. The Bertz CT molecular complexity index is 684. The summed E-state index contributed by atoms with van der Waals surface area (Å²) in [6, 6.07) is 13.7. The van der Waals surface area contributed by atoms with Crippen LogP contribution in [0, 0.1) is 0 Å². The molecule has 0 heterocycles. The lowest BCUT2D eigenvalue weighted by molar-refractivity contribution is -0.137. The van der Waals surface area contributed by atoms with Crippen molar-refractivity contribution in [3.63, 3.8) is 0 Å². The Balaban J connectivity index is 1.61. The number of carbonyl (C=O) groups is 2. The monoisotopic (exact) mass is 329 g/mol. The van der Waals surface area contributed by atoms with E-state index in [0.29, 0.717) is 18.7 Å². The second kappa shape index (κ2) is 9.55. The van der Waals surface area contributed by atoms with Crippen LogP contribution in [0.15, 0.2) is 42.5 Å². The van der Waals surface area contributed by atoms with Crippen molar-refractivity contribution in [3.05, 3.63) is 42.5 Å². The number of aliphatic carboxylic acids is 1. The zero-order valence-electron chi connectivity index (χ0n) is 13.7. The molecule has 0 aromatic heterocycles. The van der Waals surface area contributed by atoms with E-state index >= 15 is 0 Å². The summed E-state index contributed by atoms with van der Waals surface area (Å²) < 4.78 is 5.52. The first-order valence-electron chi connectivity index (χ1n) is 8.25. The van der Waals surface area contributed by atoms with Gasteiger partial charge < -0.3 is 15.2 Å². The smallest absolute Gasteiger partial charge is 0.303 e. The second-order valence-corrected chi connectivity index (χ2v) is 5.71. The van der Waals surface area contributed by atoms with Gasteiger partial charge in [0.05, 0.1) is 0 Å². The van der Waals surface area contributed by atoms with E-state index < -0.39 is 5.97 Å². The Labute approximate surface area is 141 Å². The molecule has 0 unspecified atom stereocenters. The highest BCUT2D eigenvalue weighted by Crippen LogP contribution is 2.20. The van der Waals surface area contributed by atoms with Crippen molar-refractivity contribution in [1.82, 2.24) is 5.32 Å². The van der Waals surface area contributed by atoms with E-state index in [2.05, 4.69) is 5.32 Å². The number of rotatable bonds is 10. The van der Waals surface area contributed by atoms with Crippen molar-refractivity contribution in [2.75, 3.05) is 13.2 Å². The number of carboxylic acids is 1. The normalized spacial score (nSPS) is 10.5. The molecule has 2 aromatic rings. The molecule has 5 nitrogen and oxygen atoms in total. The van der Waals surface area contributed by atoms with Gasteiger partial charge in [-0.25, -0.2) is 0 Å². The summed E-state index contributed by atoms with van der Waals surface area (Å²) in [6.45, 7) is 0.588. The molecule has 2 rings (SSSR count). The number of hydrogen-bond donors (Lipinski definition) is 2. The predicted molar refractivity (Wildman–Crippen MR) is 93.2 cm³/mol. The zero-order chi connectivity index (χ0) is 17.2. The van der Waals surface area contributed by atoms with E-state index in [1.165, 1.54) is 0 Å². The Kier molecular flexibility index (Phi) is 7.08. The number of carboxylic acid groups (broad SMARTS) is 1. The maximum atomic E-state index is 11.7. The summed E-state index contributed by atoms with van der Waals surface area (Å²) in [5.41, 5.74) is 0. The molecule has 0 spiro atoms. The van der Waals surface area contributed by atoms with Crippen LogP contribution < -0.4 is 10.1 Å². The van der Waals surface area contributed by atoms with E-state index in [4.69, 9.17) is 9.84 Å². The van der Waals surface area contributed by atoms with Crippen LogP contribution in [0.1, 0.15) is 32.1 Å². The predicted octanol–water partition coefficient (Wildman–Crippen LogP) is 3.37. The molecule has 2 aromatic carbocycles. The van der Waals surface area contributed by atoms with Crippen LogP contribution in [0.25, 0.3) is 10.8 Å². The van der Waals surface area contributed by atoms with Crippen LogP contribution in [-0.4, -0.2) is 30.1 Å². The molecule has 24 heavy (non-hydrogen) atoms. The topological polar surface area (TPSA) is 75.6 Å². The van der Waals surface area contributed by atoms with E-state index in [0.717, 1.165) is 30.0 Å². The van der Waals surface area contributed by atoms with Gasteiger partial charge in [-0.15, -0.1) is 0 Å². The van der Waals surface area contributed by atoms with Crippen molar-refractivity contribution in [3.8, 4) is 5.75 Å². The molecule has 2 N–H and O–H groups in total. The molecule has 0 fully saturated rings. The lowest BCUT2D eigenvalue weighted by atomic mass is 10.1. The lowest BCUT2D eigenvalue weighted by Gasteiger charge is -2.08. The van der Waals surface area contributed by atoms with Gasteiger partial charge in [-0.3, -0.25) is 9.59 Å². The third-order valence-electron chi connectivity index (χ3n) is 3.73. The van der Waals surface area contributed by atoms with Gasteiger partial charge in [0.2, 0.25) is 0 Å². The Hall–Kier alpha value is -2.56. The molecule has 0 aliphatic rings. The summed E-state index contributed by atoms with van der Waals surface area (Å²) in [5.74, 6) is -0.222. The third kappa shape index (κ3) is 6.28. The lowest BCUT2D eigenvalue weighted by Crippen LogP contribution is -2.29. The fraction of sp³-hybridized carbons (Fsp3) is 0.368. The molecular weight excluding hydrogens is 306 g/mol. The van der Waals surface area contributed by atoms with Crippen LogP contribution in [0.3, 0.4) is 0 Å². The molecule has 0 atom stereocenters. The molecule has 0 aliphatic heterocycles. The number of nitrogens with one attached hydrogen (secondary N) is 1. The number of fused-ring (bicyclic) bond motifs is 1. The molecule has 1 amide bonds. The number of hydrogen-bond acceptors (Lipinski definition) is 3. The SMILES string of the molecule is O=C(O)CCCCCCNC(=O)COc1ccc2ccccc2c1. The maximum Gasteiger partial charge on any atom is 0.303 e. The second-order valence-electron chi connectivity index (χ2n) is 5.71. The number of unbranched alkanes of at least 4 members (excludes halogenated alkanes) is 3. The first-order chi connectivity index (χ1) is 11.6. The molecular formula is C19H23NO4. The molecule has 0 aliphatic carbocycles. The summed E-state index contributed by atoms with van der Waals surface area (Å²) in [5, 5.41) is 13.6. The van der Waals surface area contributed by atoms with E-state index in [1.54, 1.807) is 0 Å². The van der Waals surface area contributed by atoms with Gasteiger partial charge in [-0.05, 0) is 35.7 Å². The average Bonchev–Trinajstić information content (AvgIpc) is 2.58. The zero-order valence-corrected chi connectivity index (χ0v) is 13.7. The quantitative estimate of drug-likeness (QED) is 0.655. The highest BCUT2D eigenvalue weighted by molar-refractivity contribution is 5.84. The number of ether oxygens (including phenoxy) is 1. The van der Waals surface area contributed by atoms with Gasteiger partial charge in [0, 0.05) is 13.0 Å². The molecule has 5 heteroatoms. The van der Waals surface area contributed by atoms with E-state index in [1.807, 2.05) is 42.5 Å². The van der Waals surface area contributed by atoms with Gasteiger partial charge in [-0.2, -0.15) is 0 Å². The highest BCUT2D eigenvalue weighted by atomic mass is 16.5. The van der Waals surface area contributed by atoms with Crippen LogP contribution in [0.2, 0.25) is 0 Å². The first-order valence-corrected chi connectivity index (χ1v) is 8.25. The van der Waals surface area contributed by atoms with Gasteiger partial charge in [0.1, 0.15) is 5.75 Å². The van der Waals surface area contributed by atoms with Gasteiger partial charge in [0.15, 0.2) is 6.61 Å². The van der Waals surface area contributed by atoms with E-state index in [-0.39, 0.29) is 18.9 Å². The molecule has 0 saturated heterocycles. The van der Waals surface area contributed by atoms with Crippen molar-refractivity contribution < 1.29 is 19.4 Å². The molecule has 0 saturated carbocycles. The van der Waals surface area contributed by atoms with Gasteiger partial charge >= 0.3 is 5.97 Å². The summed E-state index contributed by atoms with van der Waals surface area (Å²) in [6.07, 6.45) is 3.54. The number of benzene rings is 2. The number of amides is 1. The van der Waals surface area contributed by atoms with Crippen molar-refractivity contribution in [2.45, 2.75) is 32.1 Å². The van der Waals surface area contributed by atoms with Crippen LogP contribution in [0.5, 0.6) is 5.75 Å².